The highest BCUT2D eigenvalue weighted by atomic mass is 15.0. The fraction of sp³-hybridized carbons (Fsp3) is 0.0435. The number of benzene rings is 7. The van der Waals surface area contributed by atoms with Gasteiger partial charge in [0.25, 0.3) is 0 Å². The van der Waals surface area contributed by atoms with Gasteiger partial charge in [-0.2, -0.15) is 0 Å². The molecule has 0 aliphatic heterocycles. The quantitative estimate of drug-likeness (QED) is 0.182. The Labute approximate surface area is 284 Å². The van der Waals surface area contributed by atoms with Crippen LogP contribution in [0.4, 0.5) is 0 Å². The van der Waals surface area contributed by atoms with Crippen molar-refractivity contribution in [2.45, 2.75) is 12.8 Å². The van der Waals surface area contributed by atoms with Crippen LogP contribution in [0.15, 0.2) is 158 Å². The highest BCUT2D eigenvalue weighted by molar-refractivity contribution is 6.23. The van der Waals surface area contributed by atoms with Gasteiger partial charge in [-0.15, -0.1) is 0 Å². The average molecular weight is 626 g/mol. The second-order valence-electron chi connectivity index (χ2n) is 12.9. The zero-order valence-corrected chi connectivity index (χ0v) is 26.8. The Morgan fingerprint density at radius 2 is 1.12 bits per heavy atom. The third-order valence-electron chi connectivity index (χ3n) is 10.1. The minimum Gasteiger partial charge on any atom is -0.313 e. The van der Waals surface area contributed by atoms with Gasteiger partial charge in [-0.3, -0.25) is 4.98 Å². The lowest BCUT2D eigenvalue weighted by atomic mass is 9.97. The van der Waals surface area contributed by atoms with E-state index in [4.69, 9.17) is 9.97 Å². The Morgan fingerprint density at radius 1 is 0.490 bits per heavy atom. The molecule has 3 heteroatoms. The minimum absolute atomic E-state index is 0.876. The van der Waals surface area contributed by atoms with Crippen LogP contribution >= 0.6 is 0 Å². The zero-order valence-electron chi connectivity index (χ0n) is 26.8. The van der Waals surface area contributed by atoms with Gasteiger partial charge in [0.1, 0.15) is 0 Å². The molecule has 0 bridgehead atoms. The Bertz CT molecular complexity index is 2720. The first kappa shape index (κ1) is 27.8. The summed E-state index contributed by atoms with van der Waals surface area (Å²) in [6, 6.07) is 52.2. The topological polar surface area (TPSA) is 30.7 Å². The third-order valence-corrected chi connectivity index (χ3v) is 10.1. The lowest BCUT2D eigenvalue weighted by Gasteiger charge is -2.14. The lowest BCUT2D eigenvalue weighted by Crippen LogP contribution is -2.02. The number of hydrogen-bond donors (Lipinski definition) is 0. The van der Waals surface area contributed by atoms with Crippen LogP contribution in [0.2, 0.25) is 0 Å². The summed E-state index contributed by atoms with van der Waals surface area (Å²) in [5.74, 6) is 0. The molecule has 0 N–H and O–H groups in total. The molecule has 0 unspecified atom stereocenters. The van der Waals surface area contributed by atoms with E-state index in [1.54, 1.807) is 0 Å². The Hall–Kier alpha value is -6.32. The van der Waals surface area contributed by atoms with Gasteiger partial charge in [-0.25, -0.2) is 4.98 Å². The second kappa shape index (κ2) is 11.1. The molecular weight excluding hydrogens is 595 g/mol. The Kier molecular flexibility index (Phi) is 6.31. The largest absolute Gasteiger partial charge is 0.313 e. The SMILES string of the molecule is C1=Cc2c(n(-c3ccc(-c4ccccc4)cc3)c3ccc(-c4cccc(-c5cnc6c7ccccc7c7ccccc7c6n5)c4)cc23)CC1. The summed E-state index contributed by atoms with van der Waals surface area (Å²) in [6.07, 6.45) is 8.63. The van der Waals surface area contributed by atoms with Crippen molar-refractivity contribution in [2.75, 3.05) is 0 Å². The summed E-state index contributed by atoms with van der Waals surface area (Å²) in [4.78, 5) is 10.3. The maximum atomic E-state index is 5.25. The number of nitrogens with zero attached hydrogens (tertiary/aromatic N) is 3. The van der Waals surface area contributed by atoms with Crippen LogP contribution in [0.1, 0.15) is 17.7 Å². The molecule has 0 atom stereocenters. The van der Waals surface area contributed by atoms with Gasteiger partial charge in [0, 0.05) is 38.7 Å². The van der Waals surface area contributed by atoms with Crippen molar-refractivity contribution in [1.29, 1.82) is 0 Å². The van der Waals surface area contributed by atoms with E-state index in [-0.39, 0.29) is 0 Å². The van der Waals surface area contributed by atoms with Crippen LogP contribution in [0.3, 0.4) is 0 Å². The maximum Gasteiger partial charge on any atom is 0.0979 e. The molecule has 49 heavy (non-hydrogen) atoms. The van der Waals surface area contributed by atoms with Gasteiger partial charge in [0.15, 0.2) is 0 Å². The van der Waals surface area contributed by atoms with Crippen LogP contribution in [0, 0.1) is 0 Å². The lowest BCUT2D eigenvalue weighted by molar-refractivity contribution is 0.888. The van der Waals surface area contributed by atoms with E-state index in [2.05, 4.69) is 162 Å². The van der Waals surface area contributed by atoms with Crippen molar-refractivity contribution in [3.05, 3.63) is 169 Å². The summed E-state index contributed by atoms with van der Waals surface area (Å²) < 4.78 is 2.46. The summed E-state index contributed by atoms with van der Waals surface area (Å²) >= 11 is 0. The first-order valence-electron chi connectivity index (χ1n) is 17.0. The minimum atomic E-state index is 0.876. The van der Waals surface area contributed by atoms with Crippen molar-refractivity contribution in [3.63, 3.8) is 0 Å². The van der Waals surface area contributed by atoms with Crippen LogP contribution in [0.25, 0.3) is 88.8 Å². The molecule has 2 aromatic heterocycles. The molecular formula is C46H31N3. The first-order chi connectivity index (χ1) is 24.3. The van der Waals surface area contributed by atoms with E-state index >= 15 is 0 Å². The van der Waals surface area contributed by atoms with Crippen molar-refractivity contribution < 1.29 is 0 Å². The molecule has 0 fully saturated rings. The van der Waals surface area contributed by atoms with E-state index in [0.717, 1.165) is 51.5 Å². The predicted octanol–water partition coefficient (Wildman–Crippen LogP) is 11.8. The highest BCUT2D eigenvalue weighted by Crippen LogP contribution is 2.38. The first-order valence-corrected chi connectivity index (χ1v) is 17.0. The molecule has 0 amide bonds. The molecule has 1 aliphatic rings. The van der Waals surface area contributed by atoms with Gasteiger partial charge in [-0.1, -0.05) is 127 Å². The molecule has 10 rings (SSSR count). The zero-order chi connectivity index (χ0) is 32.3. The predicted molar refractivity (Wildman–Crippen MR) is 205 cm³/mol. The van der Waals surface area contributed by atoms with E-state index < -0.39 is 0 Å². The standard InChI is InChI=1S/C46H31N3/c1-2-11-30(12-3-1)31-21-24-35(25-22-31)49-43-20-9-8-17-38(43)41-28-33(23-26-44(41)49)32-13-10-14-34(27-32)42-29-47-45-39-18-6-4-15-36(39)37-16-5-7-19-40(37)46(45)48-42/h1-8,10-19,21-29H,9,20H2. The Morgan fingerprint density at radius 3 is 1.92 bits per heavy atom. The van der Waals surface area contributed by atoms with Crippen LogP contribution < -0.4 is 0 Å². The van der Waals surface area contributed by atoms with Crippen molar-refractivity contribution >= 4 is 49.6 Å². The molecule has 0 saturated carbocycles. The molecule has 0 radical (unpaired) electrons. The van der Waals surface area contributed by atoms with Gasteiger partial charge < -0.3 is 4.57 Å². The summed E-state index contributed by atoms with van der Waals surface area (Å²) in [5, 5.41) is 5.96. The van der Waals surface area contributed by atoms with Crippen LogP contribution in [-0.4, -0.2) is 14.5 Å². The molecule has 9 aromatic rings. The smallest absolute Gasteiger partial charge is 0.0979 e. The number of aromatic nitrogens is 3. The number of rotatable bonds is 4. The van der Waals surface area contributed by atoms with E-state index in [1.807, 2.05) is 6.20 Å². The van der Waals surface area contributed by atoms with Gasteiger partial charge in [0.2, 0.25) is 0 Å². The van der Waals surface area contributed by atoms with Crippen molar-refractivity contribution in [2.24, 2.45) is 0 Å². The number of allylic oxidation sites excluding steroid dienone is 1. The number of fused-ring (bicyclic) bond motifs is 9. The molecule has 3 nitrogen and oxygen atoms in total. The third kappa shape index (κ3) is 4.51. The monoisotopic (exact) mass is 625 g/mol. The van der Waals surface area contributed by atoms with Gasteiger partial charge in [0.05, 0.1) is 28.4 Å². The summed E-state index contributed by atoms with van der Waals surface area (Å²) in [5.41, 5.74) is 13.8. The molecule has 230 valence electrons. The van der Waals surface area contributed by atoms with E-state index in [0.29, 0.717) is 0 Å². The Balaban J connectivity index is 1.07. The fourth-order valence-electron chi connectivity index (χ4n) is 7.75. The van der Waals surface area contributed by atoms with Gasteiger partial charge in [-0.05, 0) is 76.2 Å². The molecule has 2 heterocycles. The number of hydrogen-bond acceptors (Lipinski definition) is 2. The van der Waals surface area contributed by atoms with Crippen LogP contribution in [-0.2, 0) is 6.42 Å². The highest BCUT2D eigenvalue weighted by Gasteiger charge is 2.20. The van der Waals surface area contributed by atoms with Crippen LogP contribution in [0.5, 0.6) is 0 Å². The van der Waals surface area contributed by atoms with E-state index in [9.17, 15) is 0 Å². The summed E-state index contributed by atoms with van der Waals surface area (Å²) in [7, 11) is 0. The maximum absolute atomic E-state index is 5.25. The molecule has 1 aliphatic carbocycles. The molecule has 0 spiro atoms. The van der Waals surface area contributed by atoms with Crippen molar-refractivity contribution in [1.82, 2.24) is 14.5 Å². The van der Waals surface area contributed by atoms with Crippen molar-refractivity contribution in [3.8, 4) is 39.2 Å². The summed E-state index contributed by atoms with van der Waals surface area (Å²) in [6.45, 7) is 0. The fourth-order valence-corrected chi connectivity index (χ4v) is 7.75. The molecule has 7 aromatic carbocycles. The second-order valence-corrected chi connectivity index (χ2v) is 12.9. The van der Waals surface area contributed by atoms with Gasteiger partial charge >= 0.3 is 0 Å². The average Bonchev–Trinajstić information content (AvgIpc) is 3.52. The van der Waals surface area contributed by atoms with E-state index in [1.165, 1.54) is 55.3 Å². The molecule has 0 saturated heterocycles. The normalized spacial score (nSPS) is 12.7.